The molecular formula is C24H28N4O2. The lowest BCUT2D eigenvalue weighted by Gasteiger charge is -2.23. The highest BCUT2D eigenvalue weighted by molar-refractivity contribution is 6.00. The van der Waals surface area contributed by atoms with Gasteiger partial charge in [-0.05, 0) is 36.1 Å². The number of hydrogen-bond donors (Lipinski definition) is 2. The number of H-pyrrole nitrogens is 1. The molecule has 0 saturated carbocycles. The molecule has 1 aliphatic rings. The Bertz CT molecular complexity index is 1040. The van der Waals surface area contributed by atoms with Crippen LogP contribution in [-0.4, -0.2) is 28.3 Å². The minimum Gasteiger partial charge on any atom is -0.346 e. The Morgan fingerprint density at radius 3 is 2.67 bits per heavy atom. The van der Waals surface area contributed by atoms with Gasteiger partial charge in [0.1, 0.15) is 5.82 Å². The molecule has 1 saturated heterocycles. The van der Waals surface area contributed by atoms with Crippen LogP contribution in [0.5, 0.6) is 0 Å². The van der Waals surface area contributed by atoms with Crippen LogP contribution in [0.3, 0.4) is 0 Å². The number of fused-ring (bicyclic) bond motifs is 1. The van der Waals surface area contributed by atoms with Crippen LogP contribution in [0.4, 0.5) is 5.69 Å². The number of imidazole rings is 1. The SMILES string of the molecule is CCc1ccccc1N1C[C@H](C(=O)N[C@H](c2nc3ccccc3[nH]2)C(C)C)CC1=O. The van der Waals surface area contributed by atoms with Crippen LogP contribution in [0.15, 0.2) is 48.5 Å². The summed E-state index contributed by atoms with van der Waals surface area (Å²) in [5, 5.41) is 3.15. The second-order valence-electron chi connectivity index (χ2n) is 8.26. The van der Waals surface area contributed by atoms with Crippen molar-refractivity contribution in [1.82, 2.24) is 15.3 Å². The summed E-state index contributed by atoms with van der Waals surface area (Å²) in [5.41, 5.74) is 3.86. The molecule has 2 aromatic carbocycles. The minimum absolute atomic E-state index is 0.000819. The Morgan fingerprint density at radius 2 is 1.93 bits per heavy atom. The lowest BCUT2D eigenvalue weighted by Crippen LogP contribution is -2.38. The van der Waals surface area contributed by atoms with Crippen LogP contribution in [0.25, 0.3) is 11.0 Å². The van der Waals surface area contributed by atoms with E-state index >= 15 is 0 Å². The van der Waals surface area contributed by atoms with E-state index in [-0.39, 0.29) is 36.1 Å². The molecule has 0 bridgehead atoms. The third-order valence-electron chi connectivity index (χ3n) is 5.83. The Kier molecular flexibility index (Phi) is 5.57. The highest BCUT2D eigenvalue weighted by Gasteiger charge is 2.37. The summed E-state index contributed by atoms with van der Waals surface area (Å²) in [6.45, 7) is 6.60. The zero-order valence-electron chi connectivity index (χ0n) is 17.7. The number of carbonyl (C=O) groups excluding carboxylic acids is 2. The molecule has 1 aliphatic heterocycles. The van der Waals surface area contributed by atoms with Gasteiger partial charge in [-0.15, -0.1) is 0 Å². The molecule has 156 valence electrons. The van der Waals surface area contributed by atoms with E-state index in [0.717, 1.165) is 34.5 Å². The number of hydrogen-bond acceptors (Lipinski definition) is 3. The molecule has 0 unspecified atom stereocenters. The van der Waals surface area contributed by atoms with Crippen molar-refractivity contribution in [1.29, 1.82) is 0 Å². The van der Waals surface area contributed by atoms with Gasteiger partial charge in [0.25, 0.3) is 0 Å². The van der Waals surface area contributed by atoms with Crippen molar-refractivity contribution in [2.24, 2.45) is 11.8 Å². The van der Waals surface area contributed by atoms with Crippen LogP contribution in [0.2, 0.25) is 0 Å². The van der Waals surface area contributed by atoms with Gasteiger partial charge in [0.05, 0.1) is 23.0 Å². The smallest absolute Gasteiger partial charge is 0.227 e. The van der Waals surface area contributed by atoms with E-state index < -0.39 is 0 Å². The predicted octanol–water partition coefficient (Wildman–Crippen LogP) is 3.99. The highest BCUT2D eigenvalue weighted by Crippen LogP contribution is 2.30. The standard InChI is InChI=1S/C24H28N4O2/c1-4-16-9-5-8-12-20(16)28-14-17(13-21(28)29)24(30)27-22(15(2)3)23-25-18-10-6-7-11-19(18)26-23/h5-12,15,17,22H,4,13-14H2,1-3H3,(H,25,26)(H,27,30)/t17-,22+/m1/s1. The number of amides is 2. The molecule has 1 aromatic heterocycles. The number of aromatic nitrogens is 2. The highest BCUT2D eigenvalue weighted by atomic mass is 16.2. The molecule has 2 heterocycles. The van der Waals surface area contributed by atoms with Gasteiger partial charge in [0, 0.05) is 18.7 Å². The van der Waals surface area contributed by atoms with Crippen molar-refractivity contribution in [3.8, 4) is 0 Å². The first-order valence-corrected chi connectivity index (χ1v) is 10.6. The quantitative estimate of drug-likeness (QED) is 0.652. The molecule has 2 amide bonds. The zero-order valence-corrected chi connectivity index (χ0v) is 17.7. The van der Waals surface area contributed by atoms with Crippen molar-refractivity contribution in [3.63, 3.8) is 0 Å². The molecule has 4 rings (SSSR count). The van der Waals surface area contributed by atoms with Crippen LogP contribution in [0, 0.1) is 11.8 Å². The Balaban J connectivity index is 1.51. The zero-order chi connectivity index (χ0) is 21.3. The molecule has 0 radical (unpaired) electrons. The maximum absolute atomic E-state index is 13.1. The number of aryl methyl sites for hydroxylation is 1. The van der Waals surface area contributed by atoms with Crippen LogP contribution >= 0.6 is 0 Å². The number of anilines is 1. The van der Waals surface area contributed by atoms with Crippen molar-refractivity contribution in [2.45, 2.75) is 39.7 Å². The monoisotopic (exact) mass is 404 g/mol. The second kappa shape index (κ2) is 8.30. The molecular weight excluding hydrogens is 376 g/mol. The number of aromatic amines is 1. The predicted molar refractivity (Wildman–Crippen MR) is 118 cm³/mol. The number of carbonyl (C=O) groups is 2. The van der Waals surface area contributed by atoms with Gasteiger partial charge in [0.2, 0.25) is 11.8 Å². The maximum atomic E-state index is 13.1. The Labute approximate surface area is 176 Å². The average molecular weight is 405 g/mol. The number of benzene rings is 2. The fourth-order valence-electron chi connectivity index (χ4n) is 4.13. The molecule has 0 spiro atoms. The topological polar surface area (TPSA) is 78.1 Å². The number of nitrogens with one attached hydrogen (secondary N) is 2. The summed E-state index contributed by atoms with van der Waals surface area (Å²) in [4.78, 5) is 35.5. The third-order valence-corrected chi connectivity index (χ3v) is 5.83. The van der Waals surface area contributed by atoms with Gasteiger partial charge in [0.15, 0.2) is 0 Å². The van der Waals surface area contributed by atoms with Crippen molar-refractivity contribution in [2.75, 3.05) is 11.4 Å². The van der Waals surface area contributed by atoms with E-state index in [1.807, 2.05) is 48.5 Å². The maximum Gasteiger partial charge on any atom is 0.227 e. The van der Waals surface area contributed by atoms with Gasteiger partial charge in [-0.2, -0.15) is 0 Å². The van der Waals surface area contributed by atoms with Gasteiger partial charge in [-0.1, -0.05) is 51.1 Å². The second-order valence-corrected chi connectivity index (χ2v) is 8.26. The average Bonchev–Trinajstić information content (AvgIpc) is 3.35. The lowest BCUT2D eigenvalue weighted by molar-refractivity contribution is -0.127. The fraction of sp³-hybridized carbons (Fsp3) is 0.375. The molecule has 1 fully saturated rings. The van der Waals surface area contributed by atoms with Gasteiger partial charge >= 0.3 is 0 Å². The minimum atomic E-state index is -0.368. The van der Waals surface area contributed by atoms with Crippen molar-refractivity contribution in [3.05, 3.63) is 59.9 Å². The van der Waals surface area contributed by atoms with Crippen molar-refractivity contribution >= 4 is 28.5 Å². The van der Waals surface area contributed by atoms with Crippen LogP contribution < -0.4 is 10.2 Å². The lowest BCUT2D eigenvalue weighted by atomic mass is 10.0. The number of para-hydroxylation sites is 3. The first-order valence-electron chi connectivity index (χ1n) is 10.6. The summed E-state index contributed by atoms with van der Waals surface area (Å²) in [6, 6.07) is 15.5. The van der Waals surface area contributed by atoms with E-state index in [2.05, 4.69) is 36.1 Å². The van der Waals surface area contributed by atoms with Gasteiger partial charge < -0.3 is 15.2 Å². The molecule has 2 N–H and O–H groups in total. The largest absolute Gasteiger partial charge is 0.346 e. The molecule has 6 nitrogen and oxygen atoms in total. The number of rotatable bonds is 6. The summed E-state index contributed by atoms with van der Waals surface area (Å²) < 4.78 is 0. The summed E-state index contributed by atoms with van der Waals surface area (Å²) in [5.74, 6) is 0.438. The van der Waals surface area contributed by atoms with Crippen LogP contribution in [0.1, 0.15) is 44.6 Å². The van der Waals surface area contributed by atoms with E-state index in [9.17, 15) is 9.59 Å². The molecule has 2 atom stereocenters. The Hall–Kier alpha value is -3.15. The first-order chi connectivity index (χ1) is 14.5. The van der Waals surface area contributed by atoms with E-state index in [1.54, 1.807) is 4.90 Å². The third kappa shape index (κ3) is 3.82. The fourth-order valence-corrected chi connectivity index (χ4v) is 4.13. The molecule has 6 heteroatoms. The summed E-state index contributed by atoms with van der Waals surface area (Å²) in [7, 11) is 0. The summed E-state index contributed by atoms with van der Waals surface area (Å²) >= 11 is 0. The van der Waals surface area contributed by atoms with Gasteiger partial charge in [-0.25, -0.2) is 4.98 Å². The molecule has 0 aliphatic carbocycles. The molecule has 30 heavy (non-hydrogen) atoms. The molecule has 3 aromatic rings. The van der Waals surface area contributed by atoms with Crippen LogP contribution in [-0.2, 0) is 16.0 Å². The van der Waals surface area contributed by atoms with E-state index in [1.165, 1.54) is 0 Å². The normalized spacial score (nSPS) is 17.7. The van der Waals surface area contributed by atoms with E-state index in [4.69, 9.17) is 0 Å². The Morgan fingerprint density at radius 1 is 1.20 bits per heavy atom. The number of nitrogens with zero attached hydrogens (tertiary/aromatic N) is 2. The van der Waals surface area contributed by atoms with Crippen molar-refractivity contribution < 1.29 is 9.59 Å². The van der Waals surface area contributed by atoms with E-state index in [0.29, 0.717) is 6.54 Å². The first kappa shape index (κ1) is 20.1. The summed E-state index contributed by atoms with van der Waals surface area (Å²) in [6.07, 6.45) is 1.08. The van der Waals surface area contributed by atoms with Gasteiger partial charge in [-0.3, -0.25) is 9.59 Å².